The highest BCUT2D eigenvalue weighted by Gasteiger charge is 2.00. The lowest BCUT2D eigenvalue weighted by molar-refractivity contribution is -0.118. The predicted octanol–water partition coefficient (Wildman–Crippen LogP) is 2.10. The van der Waals surface area contributed by atoms with Gasteiger partial charge in [-0.2, -0.15) is 0 Å². The second-order valence-corrected chi connectivity index (χ2v) is 3.52. The van der Waals surface area contributed by atoms with Gasteiger partial charge in [-0.25, -0.2) is 0 Å². The van der Waals surface area contributed by atoms with Crippen LogP contribution < -0.4 is 5.32 Å². The Labute approximate surface area is 111 Å². The number of rotatable bonds is 3. The fraction of sp³-hybridized carbons (Fsp3) is 0.0769. The Hall–Kier alpha value is -1.91. The number of carbonyl (C=O) groups excluding carboxylic acids is 1. The number of pyridine rings is 1. The van der Waals surface area contributed by atoms with Gasteiger partial charge in [0.15, 0.2) is 0 Å². The highest BCUT2D eigenvalue weighted by atomic mass is 35.5. The number of anilines is 1. The molecule has 0 saturated carbocycles. The second-order valence-electron chi connectivity index (χ2n) is 3.52. The number of carbonyl (C=O) groups is 1. The van der Waals surface area contributed by atoms with E-state index in [-0.39, 0.29) is 12.4 Å². The quantitative estimate of drug-likeness (QED) is 0.892. The highest BCUT2D eigenvalue weighted by Crippen LogP contribution is 2.20. The fourth-order valence-corrected chi connectivity index (χ4v) is 1.49. The molecule has 0 spiro atoms. The van der Waals surface area contributed by atoms with Crippen LogP contribution in [0.1, 0.15) is 0 Å². The van der Waals surface area contributed by atoms with Crippen molar-refractivity contribution in [2.45, 2.75) is 0 Å². The van der Waals surface area contributed by atoms with E-state index in [2.05, 4.69) is 10.3 Å². The molecule has 2 aromatic rings. The Bertz CT molecular complexity index is 500. The molecule has 0 aliphatic carbocycles. The van der Waals surface area contributed by atoms with Crippen LogP contribution in [0.3, 0.4) is 0 Å². The van der Waals surface area contributed by atoms with Gasteiger partial charge in [0.05, 0.1) is 0 Å². The molecule has 94 valence electrons. The van der Waals surface area contributed by atoms with Crippen LogP contribution in [-0.4, -0.2) is 22.6 Å². The maximum Gasteiger partial charge on any atom is 0.250 e. The van der Waals surface area contributed by atoms with Crippen molar-refractivity contribution >= 4 is 24.0 Å². The summed E-state index contributed by atoms with van der Waals surface area (Å²) in [7, 11) is 0. The summed E-state index contributed by atoms with van der Waals surface area (Å²) in [5.41, 5.74) is 2.79. The maximum absolute atomic E-state index is 11.0. The van der Waals surface area contributed by atoms with Gasteiger partial charge in [-0.1, -0.05) is 12.1 Å². The molecular weight excluding hydrogens is 252 g/mol. The van der Waals surface area contributed by atoms with Crippen molar-refractivity contribution < 1.29 is 9.90 Å². The molecule has 0 fully saturated rings. The van der Waals surface area contributed by atoms with Crippen LogP contribution in [0.2, 0.25) is 0 Å². The molecule has 0 aliphatic rings. The van der Waals surface area contributed by atoms with E-state index in [9.17, 15) is 4.79 Å². The average molecular weight is 265 g/mol. The maximum atomic E-state index is 11.0. The first-order valence-electron chi connectivity index (χ1n) is 5.21. The molecule has 0 unspecified atom stereocenters. The molecule has 1 aromatic carbocycles. The van der Waals surface area contributed by atoms with E-state index in [4.69, 9.17) is 5.11 Å². The third kappa shape index (κ3) is 3.55. The molecule has 1 heterocycles. The van der Waals surface area contributed by atoms with Gasteiger partial charge in [0.2, 0.25) is 5.91 Å². The van der Waals surface area contributed by atoms with E-state index in [1.165, 1.54) is 0 Å². The minimum Gasteiger partial charge on any atom is -0.387 e. The molecule has 2 N–H and O–H groups in total. The lowest BCUT2D eigenvalue weighted by Crippen LogP contribution is -2.15. The number of aromatic nitrogens is 1. The first-order valence-corrected chi connectivity index (χ1v) is 5.21. The minimum absolute atomic E-state index is 0. The van der Waals surface area contributed by atoms with E-state index in [0.29, 0.717) is 5.69 Å². The van der Waals surface area contributed by atoms with Crippen LogP contribution in [0, 0.1) is 0 Å². The van der Waals surface area contributed by atoms with Crippen molar-refractivity contribution in [1.29, 1.82) is 0 Å². The number of hydrogen-bond donors (Lipinski definition) is 2. The van der Waals surface area contributed by atoms with Crippen molar-refractivity contribution in [2.24, 2.45) is 0 Å². The van der Waals surface area contributed by atoms with E-state index in [0.717, 1.165) is 11.1 Å². The van der Waals surface area contributed by atoms with Gasteiger partial charge in [-0.3, -0.25) is 9.78 Å². The molecule has 5 heteroatoms. The minimum atomic E-state index is -0.508. The average Bonchev–Trinajstić information content (AvgIpc) is 2.40. The van der Waals surface area contributed by atoms with Crippen molar-refractivity contribution in [2.75, 3.05) is 11.9 Å². The molecule has 0 saturated heterocycles. The number of nitrogens with one attached hydrogen (secondary N) is 1. The second kappa shape index (κ2) is 6.74. The van der Waals surface area contributed by atoms with Crippen molar-refractivity contribution in [3.8, 4) is 11.1 Å². The number of halogens is 1. The molecule has 0 bridgehead atoms. The van der Waals surface area contributed by atoms with E-state index < -0.39 is 12.5 Å². The molecule has 1 amide bonds. The highest BCUT2D eigenvalue weighted by molar-refractivity contribution is 5.91. The van der Waals surface area contributed by atoms with Gasteiger partial charge in [0.1, 0.15) is 6.61 Å². The Balaban J connectivity index is 0.00000162. The molecule has 4 nitrogen and oxygen atoms in total. The van der Waals surface area contributed by atoms with Gasteiger partial charge < -0.3 is 10.4 Å². The molecule has 0 atom stereocenters. The summed E-state index contributed by atoms with van der Waals surface area (Å²) in [5, 5.41) is 11.2. The van der Waals surface area contributed by atoms with Gasteiger partial charge >= 0.3 is 0 Å². The third-order valence-electron chi connectivity index (χ3n) is 2.33. The van der Waals surface area contributed by atoms with Gasteiger partial charge in [-0.15, -0.1) is 12.4 Å². The summed E-state index contributed by atoms with van der Waals surface area (Å²) in [5.74, 6) is -0.415. The molecule has 18 heavy (non-hydrogen) atoms. The Kier molecular flexibility index (Phi) is 5.30. The lowest BCUT2D eigenvalue weighted by Gasteiger charge is -2.05. The van der Waals surface area contributed by atoms with Gasteiger partial charge in [0, 0.05) is 18.1 Å². The van der Waals surface area contributed by atoms with Crippen LogP contribution in [0.25, 0.3) is 11.1 Å². The standard InChI is InChI=1S/C13H12N2O2.ClH/c16-9-13(17)15-12-3-1-10(2-4-12)11-5-7-14-8-6-11;/h1-8,16H,9H2,(H,15,17);1H. The van der Waals surface area contributed by atoms with E-state index >= 15 is 0 Å². The topological polar surface area (TPSA) is 62.2 Å². The lowest BCUT2D eigenvalue weighted by atomic mass is 10.1. The molecule has 0 aliphatic heterocycles. The van der Waals surface area contributed by atoms with Crippen LogP contribution in [0.15, 0.2) is 48.8 Å². The zero-order chi connectivity index (χ0) is 12.1. The fourth-order valence-electron chi connectivity index (χ4n) is 1.49. The van der Waals surface area contributed by atoms with Gasteiger partial charge in [0.25, 0.3) is 0 Å². The Morgan fingerprint density at radius 2 is 1.61 bits per heavy atom. The number of nitrogens with zero attached hydrogens (tertiary/aromatic N) is 1. The van der Waals surface area contributed by atoms with Crippen LogP contribution in [0.4, 0.5) is 5.69 Å². The summed E-state index contributed by atoms with van der Waals surface area (Å²) in [6.45, 7) is -0.508. The molecule has 2 rings (SSSR count). The van der Waals surface area contributed by atoms with Crippen LogP contribution >= 0.6 is 12.4 Å². The molecule has 1 aromatic heterocycles. The Morgan fingerprint density at radius 3 is 2.17 bits per heavy atom. The van der Waals surface area contributed by atoms with E-state index in [1.807, 2.05) is 24.3 Å². The summed E-state index contributed by atoms with van der Waals surface area (Å²) < 4.78 is 0. The van der Waals surface area contributed by atoms with Crippen molar-refractivity contribution in [3.05, 3.63) is 48.8 Å². The summed E-state index contributed by atoms with van der Waals surface area (Å²) >= 11 is 0. The number of amides is 1. The SMILES string of the molecule is Cl.O=C(CO)Nc1ccc(-c2ccncc2)cc1. The Morgan fingerprint density at radius 1 is 1.06 bits per heavy atom. The van der Waals surface area contributed by atoms with Crippen LogP contribution in [0.5, 0.6) is 0 Å². The first-order chi connectivity index (χ1) is 8.29. The summed E-state index contributed by atoms with van der Waals surface area (Å²) in [6.07, 6.45) is 3.47. The van der Waals surface area contributed by atoms with E-state index in [1.54, 1.807) is 24.5 Å². The third-order valence-corrected chi connectivity index (χ3v) is 2.33. The number of aliphatic hydroxyl groups is 1. The molecular formula is C13H13ClN2O2. The zero-order valence-electron chi connectivity index (χ0n) is 9.54. The smallest absolute Gasteiger partial charge is 0.250 e. The number of hydrogen-bond acceptors (Lipinski definition) is 3. The zero-order valence-corrected chi connectivity index (χ0v) is 10.4. The number of benzene rings is 1. The van der Waals surface area contributed by atoms with Crippen molar-refractivity contribution in [3.63, 3.8) is 0 Å². The normalized spacial score (nSPS) is 9.39. The number of aliphatic hydroxyl groups excluding tert-OH is 1. The van der Waals surface area contributed by atoms with Crippen LogP contribution in [-0.2, 0) is 4.79 Å². The molecule has 0 radical (unpaired) electrons. The summed E-state index contributed by atoms with van der Waals surface area (Å²) in [4.78, 5) is 14.9. The summed E-state index contributed by atoms with van der Waals surface area (Å²) in [6, 6.07) is 11.2. The van der Waals surface area contributed by atoms with Crippen molar-refractivity contribution in [1.82, 2.24) is 4.98 Å². The first kappa shape index (κ1) is 14.2. The van der Waals surface area contributed by atoms with Gasteiger partial charge in [-0.05, 0) is 35.4 Å². The largest absolute Gasteiger partial charge is 0.387 e. The monoisotopic (exact) mass is 264 g/mol. The predicted molar refractivity (Wildman–Crippen MR) is 72.6 cm³/mol.